The van der Waals surface area contributed by atoms with Gasteiger partial charge in [-0.05, 0) is 19.1 Å². The number of nitrogens with zero attached hydrogens (tertiary/aromatic N) is 3. The van der Waals surface area contributed by atoms with Crippen LogP contribution < -0.4 is 0 Å². The van der Waals surface area contributed by atoms with Gasteiger partial charge in [0.05, 0.1) is 15.1 Å². The van der Waals surface area contributed by atoms with Crippen molar-refractivity contribution >= 4 is 31.8 Å². The number of hydrogen-bond acceptors (Lipinski definition) is 4. The molecule has 3 nitrogen and oxygen atoms in total. The Balaban J connectivity index is 2.63. The first kappa shape index (κ1) is 7.82. The van der Waals surface area contributed by atoms with Gasteiger partial charge in [-0.3, -0.25) is 4.98 Å². The van der Waals surface area contributed by atoms with Gasteiger partial charge in [-0.1, -0.05) is 0 Å². The van der Waals surface area contributed by atoms with Crippen LogP contribution in [-0.4, -0.2) is 15.0 Å². The van der Waals surface area contributed by atoms with Crippen LogP contribution in [0.4, 0.5) is 0 Å². The van der Waals surface area contributed by atoms with Gasteiger partial charge in [0.2, 0.25) is 0 Å². The lowest BCUT2D eigenvalue weighted by molar-refractivity contribution is 1.16. The van der Waals surface area contributed by atoms with Gasteiger partial charge in [0.15, 0.2) is 0 Å². The minimum Gasteiger partial charge on any atom is -0.253 e. The van der Waals surface area contributed by atoms with Gasteiger partial charge in [0.25, 0.3) is 0 Å². The summed E-state index contributed by atoms with van der Waals surface area (Å²) in [7, 11) is 0. The van der Waals surface area contributed by atoms with Crippen molar-refractivity contribution in [3.63, 3.8) is 0 Å². The first-order valence-electron chi connectivity index (χ1n) is 4.31. The van der Waals surface area contributed by atoms with Gasteiger partial charge in [-0.25, -0.2) is 9.97 Å². The third-order valence-electron chi connectivity index (χ3n) is 2.19. The minimum absolute atomic E-state index is 0.970. The molecule has 0 atom stereocenters. The van der Waals surface area contributed by atoms with Crippen molar-refractivity contribution in [2.75, 3.05) is 0 Å². The van der Waals surface area contributed by atoms with Gasteiger partial charge in [-0.15, -0.1) is 11.3 Å². The Labute approximate surface area is 84.5 Å². The fraction of sp³-hybridized carbons (Fsp3) is 0.100. The van der Waals surface area contributed by atoms with E-state index in [4.69, 9.17) is 0 Å². The summed E-state index contributed by atoms with van der Waals surface area (Å²) in [6.07, 6.45) is 3.39. The SMILES string of the molecule is Cc1ncnc2c1sc1cccnc12. The van der Waals surface area contributed by atoms with E-state index in [0.717, 1.165) is 21.4 Å². The van der Waals surface area contributed by atoms with E-state index >= 15 is 0 Å². The van der Waals surface area contributed by atoms with Crippen molar-refractivity contribution in [2.24, 2.45) is 0 Å². The summed E-state index contributed by atoms with van der Waals surface area (Å²) in [5.74, 6) is 0. The summed E-state index contributed by atoms with van der Waals surface area (Å²) in [6.45, 7) is 2.00. The van der Waals surface area contributed by atoms with Crippen LogP contribution in [0.25, 0.3) is 20.4 Å². The van der Waals surface area contributed by atoms with E-state index in [1.54, 1.807) is 23.9 Å². The van der Waals surface area contributed by atoms with Gasteiger partial charge in [-0.2, -0.15) is 0 Å². The van der Waals surface area contributed by atoms with Crippen molar-refractivity contribution < 1.29 is 0 Å². The molecule has 3 heterocycles. The van der Waals surface area contributed by atoms with Crippen molar-refractivity contribution in [1.29, 1.82) is 0 Å². The molecule has 0 saturated carbocycles. The molecule has 0 aliphatic carbocycles. The molecule has 4 heteroatoms. The van der Waals surface area contributed by atoms with E-state index in [1.807, 2.05) is 13.0 Å². The normalized spacial score (nSPS) is 11.2. The maximum atomic E-state index is 4.33. The number of aromatic nitrogens is 3. The maximum absolute atomic E-state index is 4.33. The van der Waals surface area contributed by atoms with E-state index in [9.17, 15) is 0 Å². The zero-order chi connectivity index (χ0) is 9.54. The summed E-state index contributed by atoms with van der Waals surface area (Å²) in [6, 6.07) is 4.01. The van der Waals surface area contributed by atoms with Crippen LogP contribution in [0, 0.1) is 6.92 Å². The molecule has 68 valence electrons. The standard InChI is InChI=1S/C10H7N3S/c1-6-10-9(13-5-12-6)8-7(14-10)3-2-4-11-8/h2-5H,1H3. The highest BCUT2D eigenvalue weighted by molar-refractivity contribution is 7.25. The van der Waals surface area contributed by atoms with E-state index in [-0.39, 0.29) is 0 Å². The van der Waals surface area contributed by atoms with Crippen LogP contribution in [-0.2, 0) is 0 Å². The number of fused-ring (bicyclic) bond motifs is 3. The Bertz CT molecular complexity index is 615. The second-order valence-corrected chi connectivity index (χ2v) is 4.14. The van der Waals surface area contributed by atoms with Crippen LogP contribution in [0.5, 0.6) is 0 Å². The summed E-state index contributed by atoms with van der Waals surface area (Å²) in [4.78, 5) is 12.8. The molecule has 0 aromatic carbocycles. The van der Waals surface area contributed by atoms with Crippen molar-refractivity contribution in [3.8, 4) is 0 Å². The molecule has 0 unspecified atom stereocenters. The van der Waals surface area contributed by atoms with E-state index < -0.39 is 0 Å². The fourth-order valence-corrected chi connectivity index (χ4v) is 2.57. The zero-order valence-corrected chi connectivity index (χ0v) is 8.38. The largest absolute Gasteiger partial charge is 0.253 e. The number of pyridine rings is 1. The summed E-state index contributed by atoms with van der Waals surface area (Å²) < 4.78 is 2.31. The molecule has 0 amide bonds. The number of thiophene rings is 1. The Kier molecular flexibility index (Phi) is 1.52. The Morgan fingerprint density at radius 1 is 1.14 bits per heavy atom. The highest BCUT2D eigenvalue weighted by Crippen LogP contribution is 2.31. The lowest BCUT2D eigenvalue weighted by atomic mass is 10.3. The van der Waals surface area contributed by atoms with Gasteiger partial charge in [0.1, 0.15) is 17.4 Å². The number of hydrogen-bond donors (Lipinski definition) is 0. The molecule has 0 N–H and O–H groups in total. The summed E-state index contributed by atoms with van der Waals surface area (Å²) >= 11 is 1.70. The van der Waals surface area contributed by atoms with Crippen molar-refractivity contribution in [3.05, 3.63) is 30.4 Å². The average molecular weight is 201 g/mol. The van der Waals surface area contributed by atoms with Crippen molar-refractivity contribution in [1.82, 2.24) is 15.0 Å². The fourth-order valence-electron chi connectivity index (χ4n) is 1.51. The second-order valence-electron chi connectivity index (χ2n) is 3.09. The topological polar surface area (TPSA) is 38.7 Å². The molecule has 14 heavy (non-hydrogen) atoms. The Morgan fingerprint density at radius 3 is 3.00 bits per heavy atom. The Hall–Kier alpha value is -1.55. The molecular formula is C10H7N3S. The lowest BCUT2D eigenvalue weighted by Crippen LogP contribution is -1.83. The average Bonchev–Trinajstić information content (AvgIpc) is 2.59. The smallest absolute Gasteiger partial charge is 0.116 e. The molecule has 3 aromatic rings. The quantitative estimate of drug-likeness (QED) is 0.561. The molecule has 0 radical (unpaired) electrons. The zero-order valence-electron chi connectivity index (χ0n) is 7.56. The monoisotopic (exact) mass is 201 g/mol. The number of rotatable bonds is 0. The summed E-state index contributed by atoms with van der Waals surface area (Å²) in [5, 5.41) is 0. The first-order chi connectivity index (χ1) is 6.86. The van der Waals surface area contributed by atoms with Gasteiger partial charge < -0.3 is 0 Å². The van der Waals surface area contributed by atoms with E-state index in [0.29, 0.717) is 0 Å². The molecule has 3 rings (SSSR count). The number of aryl methyl sites for hydroxylation is 1. The summed E-state index contributed by atoms with van der Waals surface area (Å²) in [5.41, 5.74) is 2.98. The molecule has 0 spiro atoms. The van der Waals surface area contributed by atoms with Crippen LogP contribution in [0.15, 0.2) is 24.7 Å². The van der Waals surface area contributed by atoms with E-state index in [1.165, 1.54) is 4.70 Å². The first-order valence-corrected chi connectivity index (χ1v) is 5.13. The lowest BCUT2D eigenvalue weighted by Gasteiger charge is -1.91. The van der Waals surface area contributed by atoms with Crippen LogP contribution in [0.2, 0.25) is 0 Å². The predicted octanol–water partition coefficient (Wildman–Crippen LogP) is 2.55. The van der Waals surface area contributed by atoms with Crippen LogP contribution in [0.3, 0.4) is 0 Å². The Morgan fingerprint density at radius 2 is 2.07 bits per heavy atom. The third kappa shape index (κ3) is 0.943. The molecule has 0 fully saturated rings. The molecule has 0 aliphatic heterocycles. The van der Waals surface area contributed by atoms with Crippen molar-refractivity contribution in [2.45, 2.75) is 6.92 Å². The van der Waals surface area contributed by atoms with E-state index in [2.05, 4.69) is 21.0 Å². The molecule has 3 aromatic heterocycles. The molecule has 0 bridgehead atoms. The molecular weight excluding hydrogens is 194 g/mol. The molecule has 0 saturated heterocycles. The van der Waals surface area contributed by atoms with Crippen LogP contribution >= 0.6 is 11.3 Å². The maximum Gasteiger partial charge on any atom is 0.116 e. The van der Waals surface area contributed by atoms with Gasteiger partial charge in [0, 0.05) is 6.20 Å². The predicted molar refractivity (Wildman–Crippen MR) is 57.5 cm³/mol. The van der Waals surface area contributed by atoms with Gasteiger partial charge >= 0.3 is 0 Å². The second kappa shape index (κ2) is 2.72. The highest BCUT2D eigenvalue weighted by atomic mass is 32.1. The third-order valence-corrected chi connectivity index (χ3v) is 3.43. The minimum atomic E-state index is 0.970. The van der Waals surface area contributed by atoms with Crippen LogP contribution in [0.1, 0.15) is 5.69 Å². The molecule has 0 aliphatic rings. The highest BCUT2D eigenvalue weighted by Gasteiger charge is 2.08.